The lowest BCUT2D eigenvalue weighted by Crippen LogP contribution is -2.26. The van der Waals surface area contributed by atoms with Crippen molar-refractivity contribution in [1.82, 2.24) is 4.98 Å². The Bertz CT molecular complexity index is 404. The van der Waals surface area contributed by atoms with Gasteiger partial charge in [-0.2, -0.15) is 0 Å². The molecule has 1 aliphatic carbocycles. The van der Waals surface area contributed by atoms with Gasteiger partial charge in [-0.3, -0.25) is 4.98 Å². The lowest BCUT2D eigenvalue weighted by molar-refractivity contribution is -0.0164. The topological polar surface area (TPSA) is 22.1 Å². The van der Waals surface area contributed by atoms with Crippen LogP contribution in [0.15, 0.2) is 12.3 Å². The molecule has 86 valence electrons. The quantitative estimate of drug-likeness (QED) is 0.727. The van der Waals surface area contributed by atoms with E-state index in [1.807, 2.05) is 6.92 Å². The maximum absolute atomic E-state index is 13.7. The molecule has 0 amide bonds. The van der Waals surface area contributed by atoms with E-state index < -0.39 is 0 Å². The third-order valence-electron chi connectivity index (χ3n) is 3.81. The highest BCUT2D eigenvalue weighted by atomic mass is 19.1. The second-order valence-corrected chi connectivity index (χ2v) is 5.08. The molecule has 2 heterocycles. The molecule has 0 radical (unpaired) electrons. The highest BCUT2D eigenvalue weighted by molar-refractivity contribution is 5.21. The van der Waals surface area contributed by atoms with Crippen molar-refractivity contribution < 1.29 is 9.13 Å². The van der Waals surface area contributed by atoms with Gasteiger partial charge in [0.1, 0.15) is 5.82 Å². The lowest BCUT2D eigenvalue weighted by atomic mass is 9.91. The first-order valence-electron chi connectivity index (χ1n) is 5.95. The van der Waals surface area contributed by atoms with E-state index >= 15 is 0 Å². The van der Waals surface area contributed by atoms with Crippen molar-refractivity contribution in [2.75, 3.05) is 6.61 Å². The van der Waals surface area contributed by atoms with Crippen molar-refractivity contribution >= 4 is 0 Å². The van der Waals surface area contributed by atoms with Gasteiger partial charge in [-0.1, -0.05) is 0 Å². The van der Waals surface area contributed by atoms with Gasteiger partial charge in [-0.25, -0.2) is 4.39 Å². The predicted molar refractivity (Wildman–Crippen MR) is 58.8 cm³/mol. The van der Waals surface area contributed by atoms with E-state index in [4.69, 9.17) is 4.74 Å². The molecule has 16 heavy (non-hydrogen) atoms. The summed E-state index contributed by atoms with van der Waals surface area (Å²) >= 11 is 0. The number of aromatic nitrogens is 1. The maximum atomic E-state index is 13.7. The van der Waals surface area contributed by atoms with Crippen molar-refractivity contribution in [1.29, 1.82) is 0 Å². The summed E-state index contributed by atoms with van der Waals surface area (Å²) in [7, 11) is 0. The third-order valence-corrected chi connectivity index (χ3v) is 3.81. The van der Waals surface area contributed by atoms with E-state index in [9.17, 15) is 4.39 Å². The molecular weight excluding hydrogens is 205 g/mol. The highest BCUT2D eigenvalue weighted by Gasteiger charge is 2.47. The zero-order valence-corrected chi connectivity index (χ0v) is 9.50. The van der Waals surface area contributed by atoms with Gasteiger partial charge in [0, 0.05) is 23.4 Å². The molecule has 1 aliphatic heterocycles. The van der Waals surface area contributed by atoms with E-state index in [1.165, 1.54) is 18.9 Å². The van der Waals surface area contributed by atoms with Gasteiger partial charge in [0.25, 0.3) is 0 Å². The standard InChI is InChI=1S/C13H16FNO/c1-9-6-12(14)11(7-15-9)10-2-3-13(4-5-13)16-8-10/h6-7,10H,2-5,8H2,1H3. The molecule has 2 nitrogen and oxygen atoms in total. The fourth-order valence-electron chi connectivity index (χ4n) is 2.49. The first kappa shape index (κ1) is 10.2. The van der Waals surface area contributed by atoms with Crippen LogP contribution in [0.2, 0.25) is 0 Å². The third kappa shape index (κ3) is 1.73. The summed E-state index contributed by atoms with van der Waals surface area (Å²) in [4.78, 5) is 4.17. The van der Waals surface area contributed by atoms with Crippen LogP contribution < -0.4 is 0 Å². The molecule has 0 bridgehead atoms. The smallest absolute Gasteiger partial charge is 0.130 e. The van der Waals surface area contributed by atoms with Crippen LogP contribution in [-0.2, 0) is 4.74 Å². The second kappa shape index (κ2) is 3.52. The summed E-state index contributed by atoms with van der Waals surface area (Å²) in [5, 5.41) is 0. The Kier molecular flexibility index (Phi) is 2.25. The molecule has 1 spiro atoms. The van der Waals surface area contributed by atoms with E-state index in [2.05, 4.69) is 4.98 Å². The van der Waals surface area contributed by atoms with Crippen molar-refractivity contribution in [3.8, 4) is 0 Å². The van der Waals surface area contributed by atoms with Crippen LogP contribution in [0.1, 0.15) is 42.9 Å². The molecule has 1 unspecified atom stereocenters. The molecule has 0 aromatic carbocycles. The Morgan fingerprint density at radius 2 is 2.25 bits per heavy atom. The van der Waals surface area contributed by atoms with Gasteiger partial charge in [0.2, 0.25) is 0 Å². The van der Waals surface area contributed by atoms with Crippen LogP contribution in [0.5, 0.6) is 0 Å². The average molecular weight is 221 g/mol. The number of halogens is 1. The molecule has 1 saturated carbocycles. The zero-order chi connectivity index (χ0) is 11.2. The number of aryl methyl sites for hydroxylation is 1. The van der Waals surface area contributed by atoms with Crippen molar-refractivity contribution in [3.05, 3.63) is 29.3 Å². The monoisotopic (exact) mass is 221 g/mol. The number of hydrogen-bond donors (Lipinski definition) is 0. The van der Waals surface area contributed by atoms with Gasteiger partial charge >= 0.3 is 0 Å². The minimum absolute atomic E-state index is 0.132. The lowest BCUT2D eigenvalue weighted by Gasteiger charge is -2.29. The molecule has 1 aromatic heterocycles. The Morgan fingerprint density at radius 3 is 2.81 bits per heavy atom. The number of pyridine rings is 1. The Balaban J connectivity index is 1.77. The zero-order valence-electron chi connectivity index (χ0n) is 9.50. The van der Waals surface area contributed by atoms with E-state index in [1.54, 1.807) is 6.20 Å². The molecule has 3 rings (SSSR count). The summed E-state index contributed by atoms with van der Waals surface area (Å²) < 4.78 is 19.6. The maximum Gasteiger partial charge on any atom is 0.130 e. The first-order chi connectivity index (χ1) is 7.69. The minimum Gasteiger partial charge on any atom is -0.374 e. The van der Waals surface area contributed by atoms with Gasteiger partial charge < -0.3 is 4.74 Å². The van der Waals surface area contributed by atoms with Crippen LogP contribution in [-0.4, -0.2) is 17.2 Å². The molecule has 1 aromatic rings. The highest BCUT2D eigenvalue weighted by Crippen LogP contribution is 2.49. The van der Waals surface area contributed by atoms with Crippen molar-refractivity contribution in [2.45, 2.75) is 44.1 Å². The van der Waals surface area contributed by atoms with E-state index in [0.29, 0.717) is 6.61 Å². The fraction of sp³-hybridized carbons (Fsp3) is 0.615. The second-order valence-electron chi connectivity index (χ2n) is 5.08. The molecule has 1 saturated heterocycles. The van der Waals surface area contributed by atoms with Gasteiger partial charge in [-0.15, -0.1) is 0 Å². The van der Waals surface area contributed by atoms with Gasteiger partial charge in [-0.05, 0) is 38.7 Å². The summed E-state index contributed by atoms with van der Waals surface area (Å²) in [5.41, 5.74) is 1.64. The van der Waals surface area contributed by atoms with Crippen molar-refractivity contribution in [3.63, 3.8) is 0 Å². The molecular formula is C13H16FNO. The van der Waals surface area contributed by atoms with Gasteiger partial charge in [0.15, 0.2) is 0 Å². The molecule has 2 fully saturated rings. The molecule has 1 atom stereocenters. The van der Waals surface area contributed by atoms with E-state index in [-0.39, 0.29) is 17.3 Å². The van der Waals surface area contributed by atoms with Crippen LogP contribution in [0.4, 0.5) is 4.39 Å². The minimum atomic E-state index is -0.132. The Labute approximate surface area is 94.8 Å². The van der Waals surface area contributed by atoms with Crippen molar-refractivity contribution in [2.24, 2.45) is 0 Å². The number of ether oxygens (including phenoxy) is 1. The summed E-state index contributed by atoms with van der Waals surface area (Å²) in [5.74, 6) is 0.0622. The van der Waals surface area contributed by atoms with E-state index in [0.717, 1.165) is 24.1 Å². The molecule has 2 aliphatic rings. The van der Waals surface area contributed by atoms with Crippen LogP contribution in [0, 0.1) is 12.7 Å². The fourth-order valence-corrected chi connectivity index (χ4v) is 2.49. The van der Waals surface area contributed by atoms with Gasteiger partial charge in [0.05, 0.1) is 12.2 Å². The summed E-state index contributed by atoms with van der Waals surface area (Å²) in [6, 6.07) is 1.51. The summed E-state index contributed by atoms with van der Waals surface area (Å²) in [6.45, 7) is 2.46. The normalized spacial score (nSPS) is 27.0. The number of rotatable bonds is 1. The molecule has 3 heteroatoms. The van der Waals surface area contributed by atoms with Crippen LogP contribution in [0.3, 0.4) is 0 Å². The van der Waals surface area contributed by atoms with Crippen LogP contribution >= 0.6 is 0 Å². The number of nitrogens with zero attached hydrogens (tertiary/aromatic N) is 1. The molecule has 0 N–H and O–H groups in total. The van der Waals surface area contributed by atoms with Crippen LogP contribution in [0.25, 0.3) is 0 Å². The Morgan fingerprint density at radius 1 is 1.44 bits per heavy atom. The average Bonchev–Trinajstić information content (AvgIpc) is 3.00. The number of hydrogen-bond acceptors (Lipinski definition) is 2. The predicted octanol–water partition coefficient (Wildman–Crippen LogP) is 2.96. The first-order valence-corrected chi connectivity index (χ1v) is 5.95. The SMILES string of the molecule is Cc1cc(F)c(C2CCC3(CC3)OC2)cn1. The largest absolute Gasteiger partial charge is 0.374 e. The Hall–Kier alpha value is -0.960. The summed E-state index contributed by atoms with van der Waals surface area (Å²) in [6.07, 6.45) is 6.15.